The highest BCUT2D eigenvalue weighted by Gasteiger charge is 2.08. The number of nitrogens with one attached hydrogen (secondary N) is 2. The van der Waals surface area contributed by atoms with Gasteiger partial charge in [-0.25, -0.2) is 18.1 Å². The first-order valence-corrected chi connectivity index (χ1v) is 8.67. The van der Waals surface area contributed by atoms with Crippen LogP contribution in [-0.4, -0.2) is 30.7 Å². The lowest BCUT2D eigenvalue weighted by molar-refractivity contribution is 0.575. The molecule has 2 rings (SSSR count). The smallest absolute Gasteiger partial charge is 0.211 e. The molecular weight excluding hydrogens is 274 g/mol. The van der Waals surface area contributed by atoms with Crippen molar-refractivity contribution in [1.82, 2.24) is 14.7 Å². The molecule has 0 fully saturated rings. The van der Waals surface area contributed by atoms with Gasteiger partial charge in [-0.2, -0.15) is 0 Å². The minimum Gasteiger partial charge on any atom is -0.342 e. The van der Waals surface area contributed by atoms with Crippen LogP contribution in [0.3, 0.4) is 0 Å². The van der Waals surface area contributed by atoms with Gasteiger partial charge in [-0.3, -0.25) is 0 Å². The zero-order valence-electron chi connectivity index (χ0n) is 11.7. The number of aryl methyl sites for hydroxylation is 1. The molecule has 0 aliphatic carbocycles. The fraction of sp³-hybridized carbons (Fsp3) is 0.500. The third-order valence-electron chi connectivity index (χ3n) is 3.12. The summed E-state index contributed by atoms with van der Waals surface area (Å²) in [4.78, 5) is 7.70. The Morgan fingerprint density at radius 1 is 1.25 bits per heavy atom. The van der Waals surface area contributed by atoms with E-state index in [4.69, 9.17) is 0 Å². The molecule has 6 heteroatoms. The first-order chi connectivity index (χ1) is 9.61. The molecule has 1 aromatic carbocycles. The van der Waals surface area contributed by atoms with Crippen LogP contribution in [-0.2, 0) is 16.4 Å². The van der Waals surface area contributed by atoms with Crippen LogP contribution in [0.15, 0.2) is 24.3 Å². The predicted molar refractivity (Wildman–Crippen MR) is 81.1 cm³/mol. The number of H-pyrrole nitrogens is 1. The highest BCUT2D eigenvalue weighted by molar-refractivity contribution is 7.89. The molecule has 0 spiro atoms. The average molecular weight is 295 g/mol. The van der Waals surface area contributed by atoms with Crippen molar-refractivity contribution in [3.8, 4) is 0 Å². The minimum atomic E-state index is -3.10. The van der Waals surface area contributed by atoms with Gasteiger partial charge in [0.1, 0.15) is 5.82 Å². The number of fused-ring (bicyclic) bond motifs is 1. The molecule has 5 nitrogen and oxygen atoms in total. The second-order valence-corrected chi connectivity index (χ2v) is 6.80. The number of para-hydroxylation sites is 2. The Morgan fingerprint density at radius 2 is 2.05 bits per heavy atom. The predicted octanol–water partition coefficient (Wildman–Crippen LogP) is 2.21. The number of hydrogen-bond donors (Lipinski definition) is 2. The molecule has 0 saturated heterocycles. The maximum Gasteiger partial charge on any atom is 0.211 e. The molecule has 0 saturated carbocycles. The topological polar surface area (TPSA) is 74.8 Å². The second-order valence-electron chi connectivity index (χ2n) is 4.87. The van der Waals surface area contributed by atoms with E-state index in [0.717, 1.165) is 36.1 Å². The van der Waals surface area contributed by atoms with Gasteiger partial charge in [-0.1, -0.05) is 25.5 Å². The third kappa shape index (κ3) is 4.31. The second kappa shape index (κ2) is 6.85. The van der Waals surface area contributed by atoms with Gasteiger partial charge in [-0.05, 0) is 25.0 Å². The largest absolute Gasteiger partial charge is 0.342 e. The van der Waals surface area contributed by atoms with E-state index >= 15 is 0 Å². The maximum atomic E-state index is 11.6. The standard InChI is InChI=1S/C14H21N3O2S/c1-2-3-11-20(18,19)15-10-6-9-14-16-12-7-4-5-8-13(12)17-14/h4-5,7-8,15H,2-3,6,9-11H2,1H3,(H,16,17). The van der Waals surface area contributed by atoms with Crippen molar-refractivity contribution >= 4 is 21.1 Å². The monoisotopic (exact) mass is 295 g/mol. The zero-order valence-corrected chi connectivity index (χ0v) is 12.5. The highest BCUT2D eigenvalue weighted by atomic mass is 32.2. The van der Waals surface area contributed by atoms with E-state index < -0.39 is 10.0 Å². The van der Waals surface area contributed by atoms with Gasteiger partial charge in [0.25, 0.3) is 0 Å². The summed E-state index contributed by atoms with van der Waals surface area (Å²) in [6.45, 7) is 2.44. The number of benzene rings is 1. The molecular formula is C14H21N3O2S. The van der Waals surface area contributed by atoms with Crippen molar-refractivity contribution in [3.05, 3.63) is 30.1 Å². The van der Waals surface area contributed by atoms with Crippen LogP contribution in [0.25, 0.3) is 11.0 Å². The van der Waals surface area contributed by atoms with E-state index in [0.29, 0.717) is 13.0 Å². The molecule has 0 radical (unpaired) electrons. The van der Waals surface area contributed by atoms with Gasteiger partial charge in [0.05, 0.1) is 16.8 Å². The fourth-order valence-corrected chi connectivity index (χ4v) is 3.28. The number of unbranched alkanes of at least 4 members (excludes halogenated alkanes) is 1. The molecule has 1 aromatic heterocycles. The molecule has 1 heterocycles. The summed E-state index contributed by atoms with van der Waals surface area (Å²) in [5.41, 5.74) is 1.97. The van der Waals surface area contributed by atoms with Crippen LogP contribution in [0.5, 0.6) is 0 Å². The van der Waals surface area contributed by atoms with Crippen LogP contribution in [0.4, 0.5) is 0 Å². The van der Waals surface area contributed by atoms with Crippen molar-refractivity contribution in [2.75, 3.05) is 12.3 Å². The molecule has 2 aromatic rings. The van der Waals surface area contributed by atoms with E-state index in [1.54, 1.807) is 0 Å². The molecule has 2 N–H and O–H groups in total. The molecule has 0 amide bonds. The Hall–Kier alpha value is -1.40. The van der Waals surface area contributed by atoms with Gasteiger partial charge in [0.15, 0.2) is 0 Å². The Balaban J connectivity index is 1.78. The van der Waals surface area contributed by atoms with E-state index in [1.165, 1.54) is 0 Å². The van der Waals surface area contributed by atoms with Crippen molar-refractivity contribution in [2.24, 2.45) is 0 Å². The number of nitrogens with zero attached hydrogens (tertiary/aromatic N) is 1. The van der Waals surface area contributed by atoms with Crippen molar-refractivity contribution in [2.45, 2.75) is 32.6 Å². The first kappa shape index (κ1) is 15.0. The Bertz CT molecular complexity index is 616. The summed E-state index contributed by atoms with van der Waals surface area (Å²) in [5.74, 6) is 1.12. The van der Waals surface area contributed by atoms with Gasteiger partial charge < -0.3 is 4.98 Å². The summed E-state index contributed by atoms with van der Waals surface area (Å²) in [7, 11) is -3.10. The number of aromatic amines is 1. The van der Waals surface area contributed by atoms with Gasteiger partial charge in [-0.15, -0.1) is 0 Å². The van der Waals surface area contributed by atoms with Crippen LogP contribution in [0, 0.1) is 0 Å². The number of rotatable bonds is 8. The van der Waals surface area contributed by atoms with E-state index in [-0.39, 0.29) is 5.75 Å². The lowest BCUT2D eigenvalue weighted by Gasteiger charge is -2.05. The average Bonchev–Trinajstić information content (AvgIpc) is 2.84. The Kier molecular flexibility index (Phi) is 5.14. The third-order valence-corrected chi connectivity index (χ3v) is 4.59. The molecule has 0 unspecified atom stereocenters. The number of imidazole rings is 1. The van der Waals surface area contributed by atoms with Crippen molar-refractivity contribution < 1.29 is 8.42 Å². The molecule has 20 heavy (non-hydrogen) atoms. The molecule has 0 aliphatic heterocycles. The zero-order chi connectivity index (χ0) is 14.4. The lowest BCUT2D eigenvalue weighted by atomic mass is 10.3. The Labute approximate surface area is 119 Å². The van der Waals surface area contributed by atoms with Crippen LogP contribution >= 0.6 is 0 Å². The number of sulfonamides is 1. The SMILES string of the molecule is CCCCS(=O)(=O)NCCCc1nc2ccccc2[nH]1. The Morgan fingerprint density at radius 3 is 2.80 bits per heavy atom. The van der Waals surface area contributed by atoms with Gasteiger partial charge in [0, 0.05) is 13.0 Å². The van der Waals surface area contributed by atoms with E-state index in [9.17, 15) is 8.42 Å². The van der Waals surface area contributed by atoms with Crippen LogP contribution in [0.1, 0.15) is 32.0 Å². The number of hydrogen-bond acceptors (Lipinski definition) is 3. The van der Waals surface area contributed by atoms with Crippen molar-refractivity contribution in [3.63, 3.8) is 0 Å². The molecule has 0 atom stereocenters. The molecule has 0 aliphatic rings. The van der Waals surface area contributed by atoms with Crippen LogP contribution < -0.4 is 4.72 Å². The highest BCUT2D eigenvalue weighted by Crippen LogP contribution is 2.11. The molecule has 0 bridgehead atoms. The number of aromatic nitrogens is 2. The van der Waals surface area contributed by atoms with Crippen molar-refractivity contribution in [1.29, 1.82) is 0 Å². The van der Waals surface area contributed by atoms with Crippen LogP contribution in [0.2, 0.25) is 0 Å². The summed E-state index contributed by atoms with van der Waals surface area (Å²) >= 11 is 0. The molecule has 110 valence electrons. The quantitative estimate of drug-likeness (QED) is 0.733. The summed E-state index contributed by atoms with van der Waals surface area (Å²) in [6.07, 6.45) is 3.08. The fourth-order valence-electron chi connectivity index (χ4n) is 2.01. The summed E-state index contributed by atoms with van der Waals surface area (Å²) < 4.78 is 25.8. The van der Waals surface area contributed by atoms with Gasteiger partial charge >= 0.3 is 0 Å². The first-order valence-electron chi connectivity index (χ1n) is 7.01. The van der Waals surface area contributed by atoms with E-state index in [1.807, 2.05) is 31.2 Å². The normalized spacial score (nSPS) is 12.1. The van der Waals surface area contributed by atoms with E-state index in [2.05, 4.69) is 14.7 Å². The minimum absolute atomic E-state index is 0.216. The summed E-state index contributed by atoms with van der Waals surface area (Å²) in [6, 6.07) is 7.86. The maximum absolute atomic E-state index is 11.6. The lowest BCUT2D eigenvalue weighted by Crippen LogP contribution is -2.27. The summed E-state index contributed by atoms with van der Waals surface area (Å²) in [5, 5.41) is 0. The van der Waals surface area contributed by atoms with Gasteiger partial charge in [0.2, 0.25) is 10.0 Å².